The molecular formula is C12H15BrN2O2S. The molecule has 1 heterocycles. The first kappa shape index (κ1) is 13.5. The molecule has 18 heavy (non-hydrogen) atoms. The highest BCUT2D eigenvalue weighted by molar-refractivity contribution is 9.11. The van der Waals surface area contributed by atoms with Gasteiger partial charge < -0.3 is 11.1 Å². The zero-order valence-corrected chi connectivity index (χ0v) is 12.2. The predicted octanol–water partition coefficient (Wildman–Crippen LogP) is 2.28. The van der Waals surface area contributed by atoms with Crippen molar-refractivity contribution in [3.8, 4) is 0 Å². The second-order valence-electron chi connectivity index (χ2n) is 4.53. The minimum absolute atomic E-state index is 0.0194. The number of halogens is 1. The van der Waals surface area contributed by atoms with Gasteiger partial charge in [-0.25, -0.2) is 0 Å². The number of hydrogen-bond donors (Lipinski definition) is 2. The van der Waals surface area contributed by atoms with Crippen molar-refractivity contribution >= 4 is 39.1 Å². The molecule has 1 aromatic rings. The van der Waals surface area contributed by atoms with Gasteiger partial charge in [-0.05, 0) is 53.7 Å². The summed E-state index contributed by atoms with van der Waals surface area (Å²) in [4.78, 5) is 23.7. The third-order valence-corrected chi connectivity index (χ3v) is 4.88. The first-order chi connectivity index (χ1) is 8.56. The second kappa shape index (κ2) is 5.84. The van der Waals surface area contributed by atoms with Gasteiger partial charge in [-0.1, -0.05) is 0 Å². The summed E-state index contributed by atoms with van der Waals surface area (Å²) < 4.78 is 0.949. The van der Waals surface area contributed by atoms with E-state index in [4.69, 9.17) is 5.73 Å². The summed E-state index contributed by atoms with van der Waals surface area (Å²) in [6.45, 7) is 0. The molecule has 98 valence electrons. The average molecular weight is 331 g/mol. The number of carbonyl (C=O) groups excluding carboxylic acids is 2. The van der Waals surface area contributed by atoms with Crippen LogP contribution in [0, 0.1) is 5.92 Å². The van der Waals surface area contributed by atoms with Crippen LogP contribution in [0.15, 0.2) is 15.9 Å². The Morgan fingerprint density at radius 2 is 1.94 bits per heavy atom. The molecule has 0 radical (unpaired) electrons. The van der Waals surface area contributed by atoms with Gasteiger partial charge in [0.1, 0.15) is 0 Å². The number of nitrogens with two attached hydrogens (primary N) is 1. The van der Waals surface area contributed by atoms with E-state index in [1.165, 1.54) is 11.3 Å². The molecule has 3 N–H and O–H groups in total. The molecule has 1 fully saturated rings. The van der Waals surface area contributed by atoms with Crippen molar-refractivity contribution in [1.82, 2.24) is 5.32 Å². The number of hydrogen-bond acceptors (Lipinski definition) is 3. The van der Waals surface area contributed by atoms with Crippen LogP contribution in [-0.2, 0) is 4.79 Å². The average Bonchev–Trinajstić information content (AvgIpc) is 2.76. The number of primary amides is 1. The van der Waals surface area contributed by atoms with E-state index in [1.807, 2.05) is 6.07 Å². The highest BCUT2D eigenvalue weighted by Gasteiger charge is 2.25. The van der Waals surface area contributed by atoms with Crippen LogP contribution in [0.3, 0.4) is 0 Å². The van der Waals surface area contributed by atoms with Gasteiger partial charge in [0.2, 0.25) is 5.91 Å². The third-order valence-electron chi connectivity index (χ3n) is 3.26. The van der Waals surface area contributed by atoms with E-state index in [0.29, 0.717) is 4.88 Å². The van der Waals surface area contributed by atoms with E-state index in [-0.39, 0.29) is 23.8 Å². The third kappa shape index (κ3) is 3.32. The monoisotopic (exact) mass is 330 g/mol. The van der Waals surface area contributed by atoms with Gasteiger partial charge in [0.15, 0.2) is 0 Å². The van der Waals surface area contributed by atoms with Crippen LogP contribution in [0.5, 0.6) is 0 Å². The number of thiophene rings is 1. The summed E-state index contributed by atoms with van der Waals surface area (Å²) in [5.74, 6) is -0.274. The highest BCUT2D eigenvalue weighted by atomic mass is 79.9. The van der Waals surface area contributed by atoms with Gasteiger partial charge in [0.05, 0.1) is 8.66 Å². The molecular weight excluding hydrogens is 316 g/mol. The maximum atomic E-state index is 11.9. The highest BCUT2D eigenvalue weighted by Crippen LogP contribution is 2.25. The van der Waals surface area contributed by atoms with Gasteiger partial charge in [-0.2, -0.15) is 0 Å². The van der Waals surface area contributed by atoms with E-state index in [9.17, 15) is 9.59 Å². The van der Waals surface area contributed by atoms with Crippen molar-refractivity contribution in [1.29, 1.82) is 0 Å². The zero-order chi connectivity index (χ0) is 13.1. The smallest absolute Gasteiger partial charge is 0.261 e. The molecule has 1 aliphatic carbocycles. The summed E-state index contributed by atoms with van der Waals surface area (Å²) in [5.41, 5.74) is 5.28. The van der Waals surface area contributed by atoms with E-state index >= 15 is 0 Å². The molecule has 0 bridgehead atoms. The standard InChI is InChI=1S/C12H15BrN2O2S/c13-10-6-5-9(18-10)12(17)15-8-3-1-7(2-4-8)11(14)16/h5-8H,1-4H2,(H2,14,16)(H,15,17). The van der Waals surface area contributed by atoms with Crippen LogP contribution >= 0.6 is 27.3 Å². The Balaban J connectivity index is 1.85. The molecule has 1 aliphatic rings. The van der Waals surface area contributed by atoms with Gasteiger partial charge in [0.25, 0.3) is 5.91 Å². The topological polar surface area (TPSA) is 72.2 Å². The quantitative estimate of drug-likeness (QED) is 0.892. The van der Waals surface area contributed by atoms with Gasteiger partial charge in [0, 0.05) is 12.0 Å². The van der Waals surface area contributed by atoms with Crippen molar-refractivity contribution in [2.75, 3.05) is 0 Å². The molecule has 0 aromatic carbocycles. The lowest BCUT2D eigenvalue weighted by molar-refractivity contribution is -0.122. The number of nitrogens with one attached hydrogen (secondary N) is 1. The van der Waals surface area contributed by atoms with Crippen LogP contribution in [0.1, 0.15) is 35.4 Å². The second-order valence-corrected chi connectivity index (χ2v) is 6.99. The Morgan fingerprint density at radius 1 is 1.28 bits per heavy atom. The van der Waals surface area contributed by atoms with E-state index in [2.05, 4.69) is 21.2 Å². The zero-order valence-electron chi connectivity index (χ0n) is 9.82. The predicted molar refractivity (Wildman–Crippen MR) is 74.4 cm³/mol. The Labute approximate surface area is 118 Å². The fourth-order valence-electron chi connectivity index (χ4n) is 2.22. The summed E-state index contributed by atoms with van der Waals surface area (Å²) >= 11 is 4.76. The van der Waals surface area contributed by atoms with E-state index in [1.54, 1.807) is 6.07 Å². The van der Waals surface area contributed by atoms with E-state index in [0.717, 1.165) is 29.5 Å². The molecule has 0 unspecified atom stereocenters. The summed E-state index contributed by atoms with van der Waals surface area (Å²) in [5, 5.41) is 3.01. The minimum Gasteiger partial charge on any atom is -0.369 e. The summed E-state index contributed by atoms with van der Waals surface area (Å²) in [6.07, 6.45) is 3.20. The Bertz CT molecular complexity index is 453. The SMILES string of the molecule is NC(=O)C1CCC(NC(=O)c2ccc(Br)s2)CC1. The summed E-state index contributed by atoms with van der Waals surface area (Å²) in [7, 11) is 0. The first-order valence-corrected chi connectivity index (χ1v) is 7.52. The molecule has 0 spiro atoms. The molecule has 0 saturated heterocycles. The maximum absolute atomic E-state index is 11.9. The van der Waals surface area contributed by atoms with Crippen molar-refractivity contribution < 1.29 is 9.59 Å². The lowest BCUT2D eigenvalue weighted by Gasteiger charge is -2.27. The van der Waals surface area contributed by atoms with Crippen LogP contribution in [-0.4, -0.2) is 17.9 Å². The Morgan fingerprint density at radius 3 is 2.44 bits per heavy atom. The van der Waals surface area contributed by atoms with Crippen LogP contribution in [0.25, 0.3) is 0 Å². The minimum atomic E-state index is -0.220. The molecule has 0 atom stereocenters. The molecule has 1 aromatic heterocycles. The van der Waals surface area contributed by atoms with Crippen molar-refractivity contribution in [3.63, 3.8) is 0 Å². The van der Waals surface area contributed by atoms with Crippen LogP contribution < -0.4 is 11.1 Å². The van der Waals surface area contributed by atoms with Crippen LogP contribution in [0.2, 0.25) is 0 Å². The number of carbonyl (C=O) groups is 2. The Hall–Kier alpha value is -0.880. The van der Waals surface area contributed by atoms with Gasteiger partial charge in [-0.15, -0.1) is 11.3 Å². The molecule has 2 amide bonds. The van der Waals surface area contributed by atoms with Crippen molar-refractivity contribution in [2.24, 2.45) is 11.7 Å². The largest absolute Gasteiger partial charge is 0.369 e. The van der Waals surface area contributed by atoms with Gasteiger partial charge >= 0.3 is 0 Å². The lowest BCUT2D eigenvalue weighted by atomic mass is 9.85. The van der Waals surface area contributed by atoms with E-state index < -0.39 is 0 Å². The molecule has 4 nitrogen and oxygen atoms in total. The normalized spacial score (nSPS) is 23.6. The Kier molecular flexibility index (Phi) is 4.40. The fraction of sp³-hybridized carbons (Fsp3) is 0.500. The van der Waals surface area contributed by atoms with Crippen molar-refractivity contribution in [2.45, 2.75) is 31.7 Å². The molecule has 0 aliphatic heterocycles. The lowest BCUT2D eigenvalue weighted by Crippen LogP contribution is -2.39. The fourth-order valence-corrected chi connectivity index (χ4v) is 3.50. The number of rotatable bonds is 3. The molecule has 2 rings (SSSR count). The van der Waals surface area contributed by atoms with Crippen LogP contribution in [0.4, 0.5) is 0 Å². The maximum Gasteiger partial charge on any atom is 0.261 e. The van der Waals surface area contributed by atoms with Crippen molar-refractivity contribution in [3.05, 3.63) is 20.8 Å². The van der Waals surface area contributed by atoms with Gasteiger partial charge in [-0.3, -0.25) is 9.59 Å². The molecule has 6 heteroatoms. The summed E-state index contributed by atoms with van der Waals surface area (Å²) in [6, 6.07) is 3.83. The first-order valence-electron chi connectivity index (χ1n) is 5.92. The molecule has 1 saturated carbocycles. The number of amides is 2.